The molecule has 1 atom stereocenters. The number of carbonyl (C=O) groups excluding carboxylic acids is 1. The molecule has 1 amide bonds. The standard InChI is InChI=1S/C25H36N4O4S/c1-18-9-13-28(14-10-18)23(21-7-5-4-6-8-21)17-26-25(30)22-11-15-29(16-12-22)34(31,32)24-19(2)27-33-20(24)3/h4-8,18,22-23H,9-17H2,1-3H3,(H,26,30). The zero-order chi connectivity index (χ0) is 24.3. The molecule has 1 aromatic carbocycles. The van der Waals surface area contributed by atoms with E-state index >= 15 is 0 Å². The maximum Gasteiger partial charge on any atom is 0.248 e. The fourth-order valence-electron chi connectivity index (χ4n) is 5.15. The van der Waals surface area contributed by atoms with Crippen LogP contribution in [0.25, 0.3) is 0 Å². The number of aromatic nitrogens is 1. The van der Waals surface area contributed by atoms with E-state index in [1.807, 2.05) is 18.2 Å². The Morgan fingerprint density at radius 3 is 2.32 bits per heavy atom. The number of benzene rings is 1. The molecule has 9 heteroatoms. The Hall–Kier alpha value is -2.23. The first-order valence-electron chi connectivity index (χ1n) is 12.3. The number of hydrogen-bond acceptors (Lipinski definition) is 6. The molecule has 0 bridgehead atoms. The number of rotatable bonds is 7. The molecule has 2 fully saturated rings. The predicted molar refractivity (Wildman–Crippen MR) is 130 cm³/mol. The van der Waals surface area contributed by atoms with Crippen LogP contribution in [-0.4, -0.2) is 61.4 Å². The summed E-state index contributed by atoms with van der Waals surface area (Å²) < 4.78 is 32.6. The van der Waals surface area contributed by atoms with Gasteiger partial charge in [0.15, 0.2) is 5.76 Å². The van der Waals surface area contributed by atoms with Gasteiger partial charge < -0.3 is 9.84 Å². The van der Waals surface area contributed by atoms with E-state index in [1.165, 1.54) is 22.7 Å². The molecular weight excluding hydrogens is 452 g/mol. The van der Waals surface area contributed by atoms with E-state index in [-0.39, 0.29) is 22.8 Å². The van der Waals surface area contributed by atoms with Gasteiger partial charge >= 0.3 is 0 Å². The fraction of sp³-hybridized carbons (Fsp3) is 0.600. The Kier molecular flexibility index (Phi) is 7.74. The van der Waals surface area contributed by atoms with E-state index in [4.69, 9.17) is 4.52 Å². The number of likely N-dealkylation sites (tertiary alicyclic amines) is 1. The zero-order valence-electron chi connectivity index (χ0n) is 20.4. The van der Waals surface area contributed by atoms with Gasteiger partial charge in [-0.05, 0) is 64.1 Å². The average Bonchev–Trinajstić information content (AvgIpc) is 3.19. The largest absolute Gasteiger partial charge is 0.360 e. The summed E-state index contributed by atoms with van der Waals surface area (Å²) in [5.74, 6) is 0.875. The van der Waals surface area contributed by atoms with Crippen molar-refractivity contribution in [2.45, 2.75) is 57.4 Å². The summed E-state index contributed by atoms with van der Waals surface area (Å²) >= 11 is 0. The van der Waals surface area contributed by atoms with E-state index in [2.05, 4.69) is 34.4 Å². The van der Waals surface area contributed by atoms with Crippen LogP contribution in [0.2, 0.25) is 0 Å². The van der Waals surface area contributed by atoms with Gasteiger partial charge in [-0.2, -0.15) is 4.31 Å². The molecule has 1 aromatic heterocycles. The first kappa shape index (κ1) is 24.9. The first-order chi connectivity index (χ1) is 16.3. The number of amides is 1. The summed E-state index contributed by atoms with van der Waals surface area (Å²) in [5, 5.41) is 6.97. The van der Waals surface area contributed by atoms with E-state index in [0.717, 1.165) is 19.0 Å². The van der Waals surface area contributed by atoms with Crippen molar-refractivity contribution < 1.29 is 17.7 Å². The highest BCUT2D eigenvalue weighted by atomic mass is 32.2. The molecule has 0 radical (unpaired) electrons. The van der Waals surface area contributed by atoms with Crippen LogP contribution in [0.1, 0.15) is 55.7 Å². The number of sulfonamides is 1. The molecule has 0 aliphatic carbocycles. The minimum absolute atomic E-state index is 0.0145. The fourth-order valence-corrected chi connectivity index (χ4v) is 6.91. The van der Waals surface area contributed by atoms with Gasteiger partial charge in [0.1, 0.15) is 10.6 Å². The minimum atomic E-state index is -3.67. The topological polar surface area (TPSA) is 95.8 Å². The van der Waals surface area contributed by atoms with Gasteiger partial charge in [0.2, 0.25) is 15.9 Å². The molecule has 186 valence electrons. The molecule has 2 aromatic rings. The molecule has 1 unspecified atom stereocenters. The molecular formula is C25H36N4O4S. The lowest BCUT2D eigenvalue weighted by Gasteiger charge is -2.37. The van der Waals surface area contributed by atoms with Gasteiger partial charge in [-0.1, -0.05) is 42.4 Å². The van der Waals surface area contributed by atoms with Crippen LogP contribution in [0.3, 0.4) is 0 Å². The van der Waals surface area contributed by atoms with Gasteiger partial charge in [0.25, 0.3) is 0 Å². The van der Waals surface area contributed by atoms with Crippen molar-refractivity contribution in [3.8, 4) is 0 Å². The maximum absolute atomic E-state index is 13.1. The van der Waals surface area contributed by atoms with Gasteiger partial charge in [-0.3, -0.25) is 9.69 Å². The molecule has 2 saturated heterocycles. The Balaban J connectivity index is 1.35. The van der Waals surface area contributed by atoms with Crippen LogP contribution < -0.4 is 5.32 Å². The highest BCUT2D eigenvalue weighted by Crippen LogP contribution is 2.29. The van der Waals surface area contributed by atoms with Gasteiger partial charge in [0, 0.05) is 25.6 Å². The third-order valence-corrected chi connectivity index (χ3v) is 9.45. The van der Waals surface area contributed by atoms with Crippen LogP contribution in [0, 0.1) is 25.7 Å². The summed E-state index contributed by atoms with van der Waals surface area (Å²) in [6.45, 7) is 8.81. The van der Waals surface area contributed by atoms with Crippen molar-refractivity contribution in [2.75, 3.05) is 32.7 Å². The number of piperidine rings is 2. The van der Waals surface area contributed by atoms with Gasteiger partial charge in [-0.25, -0.2) is 8.42 Å². The van der Waals surface area contributed by atoms with Crippen LogP contribution in [0.4, 0.5) is 0 Å². The normalized spacial score (nSPS) is 20.3. The third kappa shape index (κ3) is 5.37. The Morgan fingerprint density at radius 2 is 1.74 bits per heavy atom. The van der Waals surface area contributed by atoms with Crippen molar-refractivity contribution in [1.82, 2.24) is 19.7 Å². The predicted octanol–water partition coefficient (Wildman–Crippen LogP) is 3.28. The summed E-state index contributed by atoms with van der Waals surface area (Å²) in [7, 11) is -3.67. The molecule has 8 nitrogen and oxygen atoms in total. The van der Waals surface area contributed by atoms with Crippen molar-refractivity contribution in [3.05, 3.63) is 47.3 Å². The number of nitrogens with one attached hydrogen (secondary N) is 1. The van der Waals surface area contributed by atoms with Gasteiger partial charge in [-0.15, -0.1) is 0 Å². The molecule has 0 saturated carbocycles. The quantitative estimate of drug-likeness (QED) is 0.643. The van der Waals surface area contributed by atoms with E-state index in [9.17, 15) is 13.2 Å². The van der Waals surface area contributed by atoms with E-state index in [1.54, 1.807) is 13.8 Å². The van der Waals surface area contributed by atoms with Crippen LogP contribution in [-0.2, 0) is 14.8 Å². The van der Waals surface area contributed by atoms with Crippen LogP contribution in [0.5, 0.6) is 0 Å². The summed E-state index contributed by atoms with van der Waals surface area (Å²) in [4.78, 5) is 15.7. The SMILES string of the molecule is Cc1noc(C)c1S(=O)(=O)N1CCC(C(=O)NCC(c2ccccc2)N2CCC(C)CC2)CC1. The van der Waals surface area contributed by atoms with Gasteiger partial charge in [0.05, 0.1) is 6.04 Å². The third-order valence-electron chi connectivity index (χ3n) is 7.30. The highest BCUT2D eigenvalue weighted by Gasteiger charge is 2.35. The minimum Gasteiger partial charge on any atom is -0.360 e. The Bertz CT molecular complexity index is 1050. The second-order valence-corrected chi connectivity index (χ2v) is 11.6. The number of hydrogen-bond donors (Lipinski definition) is 1. The Morgan fingerprint density at radius 1 is 1.09 bits per heavy atom. The zero-order valence-corrected chi connectivity index (χ0v) is 21.2. The smallest absolute Gasteiger partial charge is 0.248 e. The van der Waals surface area contributed by atoms with Crippen molar-refractivity contribution >= 4 is 15.9 Å². The second kappa shape index (κ2) is 10.6. The first-order valence-corrected chi connectivity index (χ1v) is 13.7. The van der Waals surface area contributed by atoms with Crippen molar-refractivity contribution in [1.29, 1.82) is 0 Å². The highest BCUT2D eigenvalue weighted by molar-refractivity contribution is 7.89. The van der Waals surface area contributed by atoms with Crippen molar-refractivity contribution in [3.63, 3.8) is 0 Å². The number of nitrogens with zero attached hydrogens (tertiary/aromatic N) is 3. The molecule has 4 rings (SSSR count). The lowest BCUT2D eigenvalue weighted by molar-refractivity contribution is -0.126. The van der Waals surface area contributed by atoms with E-state index < -0.39 is 10.0 Å². The molecule has 1 N–H and O–H groups in total. The molecule has 34 heavy (non-hydrogen) atoms. The molecule has 2 aliphatic rings. The van der Waals surface area contributed by atoms with E-state index in [0.29, 0.717) is 43.9 Å². The van der Waals surface area contributed by atoms with Crippen LogP contribution in [0.15, 0.2) is 39.8 Å². The molecule has 0 spiro atoms. The maximum atomic E-state index is 13.1. The second-order valence-electron chi connectivity index (χ2n) is 9.72. The molecule has 3 heterocycles. The number of carbonyl (C=O) groups is 1. The molecule has 2 aliphatic heterocycles. The number of aryl methyl sites for hydroxylation is 2. The van der Waals surface area contributed by atoms with Crippen LogP contribution >= 0.6 is 0 Å². The van der Waals surface area contributed by atoms with Crippen molar-refractivity contribution in [2.24, 2.45) is 11.8 Å². The Labute approximate surface area is 202 Å². The summed E-state index contributed by atoms with van der Waals surface area (Å²) in [6, 6.07) is 10.5. The summed E-state index contributed by atoms with van der Waals surface area (Å²) in [5.41, 5.74) is 1.59. The monoisotopic (exact) mass is 488 g/mol. The lowest BCUT2D eigenvalue weighted by Crippen LogP contribution is -2.46. The average molecular weight is 489 g/mol. The lowest BCUT2D eigenvalue weighted by atomic mass is 9.95. The summed E-state index contributed by atoms with van der Waals surface area (Å²) in [6.07, 6.45) is 3.36.